The summed E-state index contributed by atoms with van der Waals surface area (Å²) in [5.74, 6) is -0.516. The molecule has 0 saturated carbocycles. The van der Waals surface area contributed by atoms with Crippen molar-refractivity contribution >= 4 is 19.7 Å². The summed E-state index contributed by atoms with van der Waals surface area (Å²) in [6.07, 6.45) is 48.2. The van der Waals surface area contributed by atoms with E-state index in [1.165, 1.54) is 167 Å². The van der Waals surface area contributed by atoms with Gasteiger partial charge in [-0.15, -0.1) is 0 Å². The first-order valence-electron chi connectivity index (χ1n) is 23.8. The number of hydrogen-bond acceptors (Lipinski definition) is 7. The van der Waals surface area contributed by atoms with Crippen LogP contribution in [0.15, 0.2) is 24.3 Å². The van der Waals surface area contributed by atoms with Gasteiger partial charge in [-0.05, 0) is 64.2 Å². The van der Waals surface area contributed by atoms with E-state index in [0.29, 0.717) is 6.42 Å². The lowest BCUT2D eigenvalue weighted by molar-refractivity contribution is -0.147. The van der Waals surface area contributed by atoms with Crippen LogP contribution >= 0.6 is 7.82 Å². The van der Waals surface area contributed by atoms with Crippen molar-refractivity contribution in [2.75, 3.05) is 26.4 Å². The van der Waals surface area contributed by atoms with E-state index in [0.717, 1.165) is 38.5 Å². The van der Waals surface area contributed by atoms with Crippen LogP contribution in [0.2, 0.25) is 0 Å². The molecule has 0 aromatic rings. The van der Waals surface area contributed by atoms with Gasteiger partial charge in [0.15, 0.2) is 0 Å². The van der Waals surface area contributed by atoms with Crippen molar-refractivity contribution in [1.29, 1.82) is 0 Å². The summed E-state index contributed by atoms with van der Waals surface area (Å²) in [4.78, 5) is 34.0. The number of carbonyl (C=O) groups is 2. The van der Waals surface area contributed by atoms with Crippen LogP contribution in [0.4, 0.5) is 0 Å². The SMILES string of the molecule is CCCCCCCC/C=C\CCCCCCCCCC(=O)OCC(O)COP(=O)(O)OCCNC(=O)CCCCCCCCCCC/C=C/CCCCCCCC. The molecule has 0 aliphatic rings. The second-order valence-electron chi connectivity index (χ2n) is 16.1. The van der Waals surface area contributed by atoms with Gasteiger partial charge in [-0.3, -0.25) is 18.6 Å². The number of carbonyl (C=O) groups excluding carboxylic acids is 2. The van der Waals surface area contributed by atoms with Gasteiger partial charge in [0.25, 0.3) is 0 Å². The van der Waals surface area contributed by atoms with Crippen molar-refractivity contribution in [2.45, 2.75) is 238 Å². The Balaban J connectivity index is 3.56. The zero-order valence-corrected chi connectivity index (χ0v) is 37.9. The summed E-state index contributed by atoms with van der Waals surface area (Å²) in [6, 6.07) is 0. The van der Waals surface area contributed by atoms with E-state index in [-0.39, 0.29) is 32.1 Å². The van der Waals surface area contributed by atoms with E-state index in [9.17, 15) is 24.2 Å². The minimum absolute atomic E-state index is 0.0822. The molecule has 0 bridgehead atoms. The number of amides is 1. The van der Waals surface area contributed by atoms with Gasteiger partial charge in [-0.25, -0.2) is 4.57 Å². The van der Waals surface area contributed by atoms with E-state index >= 15 is 0 Å². The third-order valence-corrected chi connectivity index (χ3v) is 11.3. The van der Waals surface area contributed by atoms with Gasteiger partial charge in [0.05, 0.1) is 13.2 Å². The molecule has 10 heteroatoms. The highest BCUT2D eigenvalue weighted by Gasteiger charge is 2.23. The Morgan fingerprint density at radius 2 is 0.895 bits per heavy atom. The van der Waals surface area contributed by atoms with Crippen LogP contribution in [0.5, 0.6) is 0 Å². The summed E-state index contributed by atoms with van der Waals surface area (Å²) in [5.41, 5.74) is 0. The fourth-order valence-electron chi connectivity index (χ4n) is 6.72. The fraction of sp³-hybridized carbons (Fsp3) is 0.872. The third-order valence-electron chi connectivity index (χ3n) is 10.4. The normalized spacial score (nSPS) is 13.4. The van der Waals surface area contributed by atoms with E-state index in [1.54, 1.807) is 0 Å². The number of hydrogen-bond donors (Lipinski definition) is 3. The number of nitrogens with one attached hydrogen (secondary N) is 1. The lowest BCUT2D eigenvalue weighted by Gasteiger charge is -2.15. The Morgan fingerprint density at radius 1 is 0.526 bits per heavy atom. The maximum absolute atomic E-state index is 12.1. The molecular formula is C47H90NO8P. The van der Waals surface area contributed by atoms with Gasteiger partial charge in [-0.2, -0.15) is 0 Å². The standard InChI is InChI=1S/C47H90NO8P/c1-3-5-7-9-11-13-15-17-19-21-22-24-25-27-29-31-33-35-37-39-46(50)48-41-42-55-57(52,53)56-44-45(49)43-54-47(51)40-38-36-34-32-30-28-26-23-20-18-16-14-12-10-8-6-4-2/h17-20,45,49H,3-16,21-44H2,1-2H3,(H,48,50)(H,52,53)/b19-17+,20-18-. The minimum atomic E-state index is -4.42. The van der Waals surface area contributed by atoms with E-state index in [4.69, 9.17) is 13.8 Å². The summed E-state index contributed by atoms with van der Waals surface area (Å²) >= 11 is 0. The molecule has 3 N–H and O–H groups in total. The first kappa shape index (κ1) is 55.5. The molecule has 0 aromatic heterocycles. The summed E-state index contributed by atoms with van der Waals surface area (Å²) in [7, 11) is -4.42. The Labute approximate surface area is 350 Å². The van der Waals surface area contributed by atoms with Crippen molar-refractivity contribution in [2.24, 2.45) is 0 Å². The Kier molecular flexibility index (Phi) is 42.9. The molecule has 0 aliphatic carbocycles. The van der Waals surface area contributed by atoms with Crippen molar-refractivity contribution in [3.05, 3.63) is 24.3 Å². The van der Waals surface area contributed by atoms with Gasteiger partial charge in [-0.1, -0.05) is 179 Å². The second kappa shape index (κ2) is 44.1. The molecule has 2 atom stereocenters. The zero-order chi connectivity index (χ0) is 41.8. The van der Waals surface area contributed by atoms with Crippen molar-refractivity contribution < 1.29 is 37.9 Å². The summed E-state index contributed by atoms with van der Waals surface area (Å²) in [6.45, 7) is 3.57. The summed E-state index contributed by atoms with van der Waals surface area (Å²) < 4.78 is 26.9. The first-order chi connectivity index (χ1) is 27.8. The molecule has 9 nitrogen and oxygen atoms in total. The van der Waals surface area contributed by atoms with Crippen LogP contribution in [-0.4, -0.2) is 54.3 Å². The predicted molar refractivity (Wildman–Crippen MR) is 238 cm³/mol. The summed E-state index contributed by atoms with van der Waals surface area (Å²) in [5, 5.41) is 12.7. The van der Waals surface area contributed by atoms with Gasteiger partial charge in [0.2, 0.25) is 5.91 Å². The molecule has 0 saturated heterocycles. The maximum Gasteiger partial charge on any atom is 0.472 e. The number of phosphoric acid groups is 1. The lowest BCUT2D eigenvalue weighted by Crippen LogP contribution is -2.27. The lowest BCUT2D eigenvalue weighted by atomic mass is 10.1. The smallest absolute Gasteiger partial charge is 0.463 e. The molecule has 2 unspecified atom stereocenters. The van der Waals surface area contributed by atoms with E-state index in [2.05, 4.69) is 43.5 Å². The van der Waals surface area contributed by atoms with Crippen LogP contribution in [0, 0.1) is 0 Å². The molecule has 336 valence electrons. The number of allylic oxidation sites excluding steroid dienone is 4. The first-order valence-corrected chi connectivity index (χ1v) is 25.3. The molecule has 0 heterocycles. The highest BCUT2D eigenvalue weighted by molar-refractivity contribution is 7.47. The number of ether oxygens (including phenoxy) is 1. The third kappa shape index (κ3) is 45.4. The molecule has 0 rings (SSSR count). The average molecular weight is 828 g/mol. The van der Waals surface area contributed by atoms with E-state index < -0.39 is 26.5 Å². The number of phosphoric ester groups is 1. The number of aliphatic hydroxyl groups is 1. The van der Waals surface area contributed by atoms with Gasteiger partial charge < -0.3 is 20.1 Å². The number of rotatable bonds is 45. The minimum Gasteiger partial charge on any atom is -0.463 e. The van der Waals surface area contributed by atoms with Crippen LogP contribution < -0.4 is 5.32 Å². The largest absolute Gasteiger partial charge is 0.472 e. The quantitative estimate of drug-likeness (QED) is 0.0239. The van der Waals surface area contributed by atoms with Crippen molar-refractivity contribution in [3.63, 3.8) is 0 Å². The Morgan fingerprint density at radius 3 is 1.32 bits per heavy atom. The molecule has 0 aliphatic heterocycles. The average Bonchev–Trinajstić information content (AvgIpc) is 3.20. The molecular weight excluding hydrogens is 737 g/mol. The maximum atomic E-state index is 12.1. The van der Waals surface area contributed by atoms with Crippen LogP contribution in [0.1, 0.15) is 232 Å². The molecule has 57 heavy (non-hydrogen) atoms. The predicted octanol–water partition coefficient (Wildman–Crippen LogP) is 13.6. The second-order valence-corrected chi connectivity index (χ2v) is 17.5. The molecule has 0 fully saturated rings. The number of unbranched alkanes of at least 4 members (excludes halogenated alkanes) is 28. The van der Waals surface area contributed by atoms with Gasteiger partial charge in [0.1, 0.15) is 12.7 Å². The number of aliphatic hydroxyl groups excluding tert-OH is 1. The topological polar surface area (TPSA) is 131 Å². The van der Waals surface area contributed by atoms with Gasteiger partial charge >= 0.3 is 13.8 Å². The van der Waals surface area contributed by atoms with Gasteiger partial charge in [0, 0.05) is 19.4 Å². The highest BCUT2D eigenvalue weighted by atomic mass is 31.2. The monoisotopic (exact) mass is 828 g/mol. The molecule has 0 spiro atoms. The van der Waals surface area contributed by atoms with Crippen LogP contribution in [-0.2, 0) is 27.9 Å². The van der Waals surface area contributed by atoms with Crippen molar-refractivity contribution in [1.82, 2.24) is 5.32 Å². The van der Waals surface area contributed by atoms with Crippen LogP contribution in [0.25, 0.3) is 0 Å². The van der Waals surface area contributed by atoms with E-state index in [1.807, 2.05) is 0 Å². The zero-order valence-electron chi connectivity index (χ0n) is 37.0. The Hall–Kier alpha value is -1.51. The van der Waals surface area contributed by atoms with Crippen LogP contribution in [0.3, 0.4) is 0 Å². The van der Waals surface area contributed by atoms with Crippen molar-refractivity contribution in [3.8, 4) is 0 Å². The molecule has 0 radical (unpaired) electrons. The number of esters is 1. The highest BCUT2D eigenvalue weighted by Crippen LogP contribution is 2.42. The Bertz CT molecular complexity index is 990. The fourth-order valence-corrected chi connectivity index (χ4v) is 7.48. The molecule has 1 amide bonds. The molecule has 0 aromatic carbocycles.